The molecule has 0 saturated carbocycles. The molecule has 0 amide bonds. The number of hydrogen-bond donors (Lipinski definition) is 1. The molecule has 0 saturated heterocycles. The smallest absolute Gasteiger partial charge is 0.152 e. The van der Waals surface area contributed by atoms with Gasteiger partial charge in [0.2, 0.25) is 0 Å². The van der Waals surface area contributed by atoms with E-state index in [1.807, 2.05) is 30.5 Å². The first kappa shape index (κ1) is 11.4. The van der Waals surface area contributed by atoms with Gasteiger partial charge in [0.1, 0.15) is 0 Å². The molecule has 0 unspecified atom stereocenters. The highest BCUT2D eigenvalue weighted by atomic mass is 35.5. The molecule has 0 spiro atoms. The van der Waals surface area contributed by atoms with Crippen molar-refractivity contribution in [2.24, 2.45) is 0 Å². The zero-order valence-electron chi connectivity index (χ0n) is 8.96. The predicted molar refractivity (Wildman–Crippen MR) is 66.9 cm³/mol. The van der Waals surface area contributed by atoms with E-state index < -0.39 is 0 Å². The molecular formula is C12H11Cl2NO. The minimum absolute atomic E-state index is 0.0745. The van der Waals surface area contributed by atoms with Crippen LogP contribution in [0.5, 0.6) is 5.75 Å². The third-order valence-corrected chi connectivity index (χ3v) is 3.11. The number of phenols is 1. The maximum absolute atomic E-state index is 9.49. The van der Waals surface area contributed by atoms with E-state index >= 15 is 0 Å². The molecule has 1 N–H and O–H groups in total. The number of hydrogen-bond acceptors (Lipinski definition) is 1. The van der Waals surface area contributed by atoms with Crippen molar-refractivity contribution in [3.05, 3.63) is 45.7 Å². The number of rotatable bonds is 1. The van der Waals surface area contributed by atoms with Gasteiger partial charge in [-0.05, 0) is 38.1 Å². The molecule has 4 heteroatoms. The van der Waals surface area contributed by atoms with E-state index in [-0.39, 0.29) is 15.8 Å². The molecule has 84 valence electrons. The van der Waals surface area contributed by atoms with E-state index in [9.17, 15) is 5.11 Å². The molecule has 0 atom stereocenters. The molecule has 2 rings (SSSR count). The van der Waals surface area contributed by atoms with Gasteiger partial charge < -0.3 is 9.67 Å². The zero-order valence-corrected chi connectivity index (χ0v) is 10.5. The molecule has 0 aliphatic carbocycles. The average Bonchev–Trinajstić information content (AvgIpc) is 2.54. The Morgan fingerprint density at radius 2 is 1.44 bits per heavy atom. The van der Waals surface area contributed by atoms with Gasteiger partial charge in [0.25, 0.3) is 0 Å². The van der Waals surface area contributed by atoms with Crippen molar-refractivity contribution in [2.45, 2.75) is 13.8 Å². The molecule has 0 bridgehead atoms. The Bertz CT molecular complexity index is 503. The Morgan fingerprint density at radius 3 is 1.88 bits per heavy atom. The lowest BCUT2D eigenvalue weighted by Gasteiger charge is -2.11. The molecule has 0 radical (unpaired) electrons. The number of halogens is 2. The van der Waals surface area contributed by atoms with Crippen molar-refractivity contribution in [1.29, 1.82) is 0 Å². The summed E-state index contributed by atoms with van der Waals surface area (Å²) < 4.78 is 2.02. The van der Waals surface area contributed by atoms with Crippen LogP contribution in [0.2, 0.25) is 10.0 Å². The maximum Gasteiger partial charge on any atom is 0.152 e. The van der Waals surface area contributed by atoms with Crippen LogP contribution < -0.4 is 0 Å². The summed E-state index contributed by atoms with van der Waals surface area (Å²) in [4.78, 5) is 0. The molecule has 1 aromatic heterocycles. The lowest BCUT2D eigenvalue weighted by atomic mass is 10.3. The van der Waals surface area contributed by atoms with Gasteiger partial charge in [-0.3, -0.25) is 0 Å². The summed E-state index contributed by atoms with van der Waals surface area (Å²) in [5.74, 6) is -0.0745. The Kier molecular flexibility index (Phi) is 2.87. The molecule has 0 aliphatic rings. The largest absolute Gasteiger partial charge is 0.505 e. The number of benzene rings is 1. The summed E-state index contributed by atoms with van der Waals surface area (Å²) in [6.45, 7) is 4.00. The molecule has 1 heterocycles. The second kappa shape index (κ2) is 4.04. The molecule has 2 nitrogen and oxygen atoms in total. The Balaban J connectivity index is 2.66. The SMILES string of the molecule is Cc1ccc(C)n1-c1cc(Cl)c(O)c(Cl)c1. The van der Waals surface area contributed by atoms with Crippen molar-refractivity contribution >= 4 is 23.2 Å². The summed E-state index contributed by atoms with van der Waals surface area (Å²) in [7, 11) is 0. The highest BCUT2D eigenvalue weighted by molar-refractivity contribution is 6.37. The molecule has 0 aliphatic heterocycles. The van der Waals surface area contributed by atoms with E-state index in [0.717, 1.165) is 17.1 Å². The number of phenolic OH excluding ortho intramolecular Hbond substituents is 1. The van der Waals surface area contributed by atoms with Gasteiger partial charge in [-0.2, -0.15) is 0 Å². The van der Waals surface area contributed by atoms with Gasteiger partial charge in [-0.1, -0.05) is 23.2 Å². The molecule has 2 aromatic rings. The van der Waals surface area contributed by atoms with Gasteiger partial charge in [-0.25, -0.2) is 0 Å². The van der Waals surface area contributed by atoms with Crippen molar-refractivity contribution in [3.8, 4) is 11.4 Å². The summed E-state index contributed by atoms with van der Waals surface area (Å²) in [5.41, 5.74) is 3.04. The van der Waals surface area contributed by atoms with Gasteiger partial charge in [0.05, 0.1) is 10.0 Å². The fraction of sp³-hybridized carbons (Fsp3) is 0.167. The van der Waals surface area contributed by atoms with Gasteiger partial charge in [0, 0.05) is 17.1 Å². The Morgan fingerprint density at radius 1 is 1.00 bits per heavy atom. The zero-order chi connectivity index (χ0) is 11.9. The van der Waals surface area contributed by atoms with E-state index in [2.05, 4.69) is 0 Å². The van der Waals surface area contributed by atoms with Crippen LogP contribution in [0.25, 0.3) is 5.69 Å². The Labute approximate surface area is 104 Å². The normalized spacial score (nSPS) is 10.8. The van der Waals surface area contributed by atoms with Crippen LogP contribution in [0.3, 0.4) is 0 Å². The Hall–Kier alpha value is -1.12. The second-order valence-electron chi connectivity index (χ2n) is 3.71. The van der Waals surface area contributed by atoms with Crippen LogP contribution in [0.1, 0.15) is 11.4 Å². The van der Waals surface area contributed by atoms with E-state index in [0.29, 0.717) is 0 Å². The van der Waals surface area contributed by atoms with Crippen molar-refractivity contribution < 1.29 is 5.11 Å². The van der Waals surface area contributed by atoms with Crippen LogP contribution in [0.15, 0.2) is 24.3 Å². The van der Waals surface area contributed by atoms with Crippen LogP contribution in [0, 0.1) is 13.8 Å². The first-order valence-corrected chi connectivity index (χ1v) is 5.59. The maximum atomic E-state index is 9.49. The summed E-state index contributed by atoms with van der Waals surface area (Å²) in [6.07, 6.45) is 0. The number of aryl methyl sites for hydroxylation is 2. The lowest BCUT2D eigenvalue weighted by molar-refractivity contribution is 0.475. The van der Waals surface area contributed by atoms with Gasteiger partial charge in [-0.15, -0.1) is 0 Å². The quantitative estimate of drug-likeness (QED) is 0.816. The lowest BCUT2D eigenvalue weighted by Crippen LogP contribution is -1.98. The van der Waals surface area contributed by atoms with Crippen LogP contribution in [-0.4, -0.2) is 9.67 Å². The van der Waals surface area contributed by atoms with Crippen molar-refractivity contribution in [2.75, 3.05) is 0 Å². The van der Waals surface area contributed by atoms with Crippen molar-refractivity contribution in [1.82, 2.24) is 4.57 Å². The van der Waals surface area contributed by atoms with E-state index in [4.69, 9.17) is 23.2 Å². The minimum atomic E-state index is -0.0745. The third-order valence-electron chi connectivity index (χ3n) is 2.53. The monoisotopic (exact) mass is 255 g/mol. The van der Waals surface area contributed by atoms with Crippen LogP contribution >= 0.6 is 23.2 Å². The van der Waals surface area contributed by atoms with Crippen molar-refractivity contribution in [3.63, 3.8) is 0 Å². The highest BCUT2D eigenvalue weighted by Gasteiger charge is 2.10. The predicted octanol–water partition coefficient (Wildman–Crippen LogP) is 4.11. The fourth-order valence-electron chi connectivity index (χ4n) is 1.76. The number of aromatic hydroxyl groups is 1. The molecule has 0 fully saturated rings. The second-order valence-corrected chi connectivity index (χ2v) is 4.52. The fourth-order valence-corrected chi connectivity index (χ4v) is 2.23. The summed E-state index contributed by atoms with van der Waals surface area (Å²) >= 11 is 11.8. The van der Waals surface area contributed by atoms with Crippen LogP contribution in [-0.2, 0) is 0 Å². The summed E-state index contributed by atoms with van der Waals surface area (Å²) in [5, 5.41) is 10.0. The highest BCUT2D eigenvalue weighted by Crippen LogP contribution is 2.34. The number of aromatic nitrogens is 1. The van der Waals surface area contributed by atoms with E-state index in [1.54, 1.807) is 12.1 Å². The van der Waals surface area contributed by atoms with E-state index in [1.165, 1.54) is 0 Å². The third kappa shape index (κ3) is 1.79. The first-order valence-electron chi connectivity index (χ1n) is 4.84. The topological polar surface area (TPSA) is 25.2 Å². The van der Waals surface area contributed by atoms with Crippen LogP contribution in [0.4, 0.5) is 0 Å². The number of nitrogens with zero attached hydrogens (tertiary/aromatic N) is 1. The molecule has 1 aromatic carbocycles. The van der Waals surface area contributed by atoms with Gasteiger partial charge >= 0.3 is 0 Å². The minimum Gasteiger partial charge on any atom is -0.505 e. The first-order chi connectivity index (χ1) is 7.50. The average molecular weight is 256 g/mol. The molecule has 16 heavy (non-hydrogen) atoms. The molecular weight excluding hydrogens is 245 g/mol. The standard InChI is InChI=1S/C12H11Cl2NO/c1-7-3-4-8(2)15(7)9-5-10(13)12(16)11(14)6-9/h3-6,16H,1-2H3. The van der Waals surface area contributed by atoms with Gasteiger partial charge in [0.15, 0.2) is 5.75 Å². The summed E-state index contributed by atoms with van der Waals surface area (Å²) in [6, 6.07) is 7.43.